The summed E-state index contributed by atoms with van der Waals surface area (Å²) >= 11 is 0. The zero-order chi connectivity index (χ0) is 22.3. The number of benzene rings is 2. The first kappa shape index (κ1) is 22.4. The molecule has 31 heavy (non-hydrogen) atoms. The Kier molecular flexibility index (Phi) is 7.33. The molecule has 0 spiro atoms. The Labute approximate surface area is 182 Å². The number of fused-ring (bicyclic) bond motifs is 1. The molecule has 0 fully saturated rings. The van der Waals surface area contributed by atoms with Crippen molar-refractivity contribution in [2.45, 2.75) is 39.3 Å². The lowest BCUT2D eigenvalue weighted by Gasteiger charge is -2.21. The highest BCUT2D eigenvalue weighted by Gasteiger charge is 2.15. The van der Waals surface area contributed by atoms with E-state index < -0.39 is 0 Å². The summed E-state index contributed by atoms with van der Waals surface area (Å²) in [6.07, 6.45) is 0.817. The van der Waals surface area contributed by atoms with E-state index in [4.69, 9.17) is 9.47 Å². The number of carbonyl (C=O) groups is 1. The number of carbonyl (C=O) groups excluding carboxylic acids is 1. The number of hydrogen-bond donors (Lipinski definition) is 3. The Morgan fingerprint density at radius 3 is 2.58 bits per heavy atom. The van der Waals surface area contributed by atoms with Gasteiger partial charge < -0.3 is 25.4 Å². The van der Waals surface area contributed by atoms with E-state index in [9.17, 15) is 9.18 Å². The molecule has 7 nitrogen and oxygen atoms in total. The molecular weight excluding hydrogens is 399 g/mol. The van der Waals surface area contributed by atoms with E-state index >= 15 is 0 Å². The van der Waals surface area contributed by atoms with Gasteiger partial charge in [-0.05, 0) is 39.0 Å². The van der Waals surface area contributed by atoms with E-state index in [1.165, 1.54) is 6.07 Å². The quantitative estimate of drug-likeness (QED) is 0.502. The van der Waals surface area contributed by atoms with Crippen molar-refractivity contribution in [2.24, 2.45) is 4.99 Å². The minimum atomic E-state index is -0.342. The standard InChI is InChI=1S/C23H29FN4O3/c1-23(2,3)28-21(29)15-26-22(25-14-16-7-4-5-8-18(16)24)27-17-9-10-19-20(13-17)31-12-6-11-30-19/h4-5,7-10,13H,6,11-12,14-15H2,1-3H3,(H,28,29)(H2,25,26,27). The molecule has 166 valence electrons. The number of hydrogen-bond acceptors (Lipinski definition) is 4. The van der Waals surface area contributed by atoms with Crippen molar-refractivity contribution >= 4 is 17.6 Å². The lowest BCUT2D eigenvalue weighted by atomic mass is 10.1. The van der Waals surface area contributed by atoms with Gasteiger partial charge in [-0.2, -0.15) is 0 Å². The number of nitrogens with zero attached hydrogens (tertiary/aromatic N) is 1. The van der Waals surface area contributed by atoms with Gasteiger partial charge in [-0.25, -0.2) is 9.38 Å². The summed E-state index contributed by atoms with van der Waals surface area (Å²) in [5, 5.41) is 9.05. The number of nitrogens with one attached hydrogen (secondary N) is 3. The maximum Gasteiger partial charge on any atom is 0.239 e. The highest BCUT2D eigenvalue weighted by molar-refractivity contribution is 5.96. The van der Waals surface area contributed by atoms with Gasteiger partial charge in [-0.3, -0.25) is 4.79 Å². The van der Waals surface area contributed by atoms with Crippen LogP contribution in [0.3, 0.4) is 0 Å². The Balaban J connectivity index is 1.75. The topological polar surface area (TPSA) is 84.0 Å². The predicted molar refractivity (Wildman–Crippen MR) is 119 cm³/mol. The van der Waals surface area contributed by atoms with Crippen molar-refractivity contribution < 1.29 is 18.7 Å². The van der Waals surface area contributed by atoms with Crippen LogP contribution in [0.5, 0.6) is 11.5 Å². The van der Waals surface area contributed by atoms with Crippen LogP contribution in [0.25, 0.3) is 0 Å². The molecule has 0 saturated heterocycles. The lowest BCUT2D eigenvalue weighted by molar-refractivity contribution is -0.121. The molecule has 2 aromatic rings. The Bertz CT molecular complexity index is 941. The Hall–Kier alpha value is -3.29. The summed E-state index contributed by atoms with van der Waals surface area (Å²) in [6, 6.07) is 11.9. The van der Waals surface area contributed by atoms with Crippen LogP contribution in [0.15, 0.2) is 47.5 Å². The van der Waals surface area contributed by atoms with E-state index in [0.717, 1.165) is 6.42 Å². The molecule has 1 heterocycles. The fourth-order valence-electron chi connectivity index (χ4n) is 2.93. The van der Waals surface area contributed by atoms with E-state index in [1.54, 1.807) is 18.2 Å². The van der Waals surface area contributed by atoms with Crippen LogP contribution in [-0.2, 0) is 11.3 Å². The first-order valence-corrected chi connectivity index (χ1v) is 10.3. The SMILES string of the molecule is CC(C)(C)NC(=O)CNC(=NCc1ccccc1F)Nc1ccc2c(c1)OCCCO2. The molecule has 0 atom stereocenters. The van der Waals surface area contributed by atoms with Crippen LogP contribution < -0.4 is 25.4 Å². The molecule has 3 N–H and O–H groups in total. The average molecular weight is 429 g/mol. The van der Waals surface area contributed by atoms with Gasteiger partial charge in [0.15, 0.2) is 17.5 Å². The van der Waals surface area contributed by atoms with Gasteiger partial charge in [0.05, 0.1) is 26.3 Å². The zero-order valence-corrected chi connectivity index (χ0v) is 18.1. The molecule has 0 aliphatic carbocycles. The number of rotatable bonds is 5. The molecule has 0 bridgehead atoms. The first-order chi connectivity index (χ1) is 14.8. The van der Waals surface area contributed by atoms with Crippen LogP contribution in [0.4, 0.5) is 10.1 Å². The Morgan fingerprint density at radius 2 is 1.84 bits per heavy atom. The van der Waals surface area contributed by atoms with E-state index in [2.05, 4.69) is 20.9 Å². The van der Waals surface area contributed by atoms with E-state index in [0.29, 0.717) is 41.9 Å². The van der Waals surface area contributed by atoms with Crippen molar-refractivity contribution in [3.63, 3.8) is 0 Å². The van der Waals surface area contributed by atoms with Crippen molar-refractivity contribution in [1.82, 2.24) is 10.6 Å². The first-order valence-electron chi connectivity index (χ1n) is 10.3. The molecule has 0 radical (unpaired) electrons. The molecule has 2 aromatic carbocycles. The molecule has 1 aliphatic rings. The van der Waals surface area contributed by atoms with Gasteiger partial charge in [-0.1, -0.05) is 18.2 Å². The number of anilines is 1. The highest BCUT2D eigenvalue weighted by atomic mass is 19.1. The third-order valence-corrected chi connectivity index (χ3v) is 4.31. The monoisotopic (exact) mass is 428 g/mol. The van der Waals surface area contributed by atoms with E-state index in [1.807, 2.05) is 39.0 Å². The normalized spacial score (nSPS) is 13.9. The van der Waals surface area contributed by atoms with Crippen molar-refractivity contribution in [1.29, 1.82) is 0 Å². The minimum absolute atomic E-state index is 0.0188. The third-order valence-electron chi connectivity index (χ3n) is 4.31. The maximum absolute atomic E-state index is 14.0. The van der Waals surface area contributed by atoms with Crippen molar-refractivity contribution in [2.75, 3.05) is 25.1 Å². The van der Waals surface area contributed by atoms with Crippen LogP contribution in [-0.4, -0.2) is 37.2 Å². The van der Waals surface area contributed by atoms with E-state index in [-0.39, 0.29) is 30.4 Å². The fourth-order valence-corrected chi connectivity index (χ4v) is 2.93. The molecule has 1 amide bonds. The van der Waals surface area contributed by atoms with Crippen molar-refractivity contribution in [3.05, 3.63) is 53.8 Å². The third kappa shape index (κ3) is 7.16. The largest absolute Gasteiger partial charge is 0.490 e. The van der Waals surface area contributed by atoms with Gasteiger partial charge in [-0.15, -0.1) is 0 Å². The molecule has 0 aromatic heterocycles. The molecule has 0 unspecified atom stereocenters. The van der Waals surface area contributed by atoms with Crippen LogP contribution in [0.1, 0.15) is 32.8 Å². The fraction of sp³-hybridized carbons (Fsp3) is 0.391. The summed E-state index contributed by atoms with van der Waals surface area (Å²) in [4.78, 5) is 16.7. The molecule has 3 rings (SSSR count). The summed E-state index contributed by atoms with van der Waals surface area (Å²) in [6.45, 7) is 7.06. The summed E-state index contributed by atoms with van der Waals surface area (Å²) < 4.78 is 25.4. The lowest BCUT2D eigenvalue weighted by Crippen LogP contribution is -2.46. The zero-order valence-electron chi connectivity index (χ0n) is 18.1. The maximum atomic E-state index is 14.0. The molecule has 8 heteroatoms. The number of guanidine groups is 1. The summed E-state index contributed by atoms with van der Waals surface area (Å²) in [5.74, 6) is 1.17. The predicted octanol–water partition coefficient (Wildman–Crippen LogP) is 3.46. The van der Waals surface area contributed by atoms with Gasteiger partial charge >= 0.3 is 0 Å². The van der Waals surface area contributed by atoms with Crippen LogP contribution in [0, 0.1) is 5.82 Å². The number of aliphatic imine (C=N–C) groups is 1. The summed E-state index contributed by atoms with van der Waals surface area (Å²) in [5.41, 5.74) is 0.826. The number of amides is 1. The second-order valence-electron chi connectivity index (χ2n) is 8.24. The highest BCUT2D eigenvalue weighted by Crippen LogP contribution is 2.32. The van der Waals surface area contributed by atoms with Crippen molar-refractivity contribution in [3.8, 4) is 11.5 Å². The van der Waals surface area contributed by atoms with Crippen LogP contribution >= 0.6 is 0 Å². The van der Waals surface area contributed by atoms with Gasteiger partial charge in [0, 0.05) is 29.3 Å². The second kappa shape index (κ2) is 10.1. The number of halogens is 1. The number of ether oxygens (including phenoxy) is 2. The Morgan fingerprint density at radius 1 is 1.10 bits per heavy atom. The van der Waals surface area contributed by atoms with Gasteiger partial charge in [0.25, 0.3) is 0 Å². The van der Waals surface area contributed by atoms with Crippen LogP contribution in [0.2, 0.25) is 0 Å². The van der Waals surface area contributed by atoms with Gasteiger partial charge in [0.2, 0.25) is 5.91 Å². The minimum Gasteiger partial charge on any atom is -0.490 e. The molecule has 0 saturated carbocycles. The molecular formula is C23H29FN4O3. The average Bonchev–Trinajstić information content (AvgIpc) is 2.95. The smallest absolute Gasteiger partial charge is 0.239 e. The molecule has 1 aliphatic heterocycles. The summed E-state index contributed by atoms with van der Waals surface area (Å²) in [7, 11) is 0. The second-order valence-corrected chi connectivity index (χ2v) is 8.24. The van der Waals surface area contributed by atoms with Gasteiger partial charge in [0.1, 0.15) is 5.82 Å².